The summed E-state index contributed by atoms with van der Waals surface area (Å²) in [5, 5.41) is 19.9. The van der Waals surface area contributed by atoms with E-state index in [1.165, 1.54) is 0 Å². The zero-order chi connectivity index (χ0) is 19.6. The predicted molar refractivity (Wildman–Crippen MR) is 93.1 cm³/mol. The van der Waals surface area contributed by atoms with E-state index >= 15 is 0 Å². The van der Waals surface area contributed by atoms with Crippen molar-refractivity contribution in [1.82, 2.24) is 0 Å². The van der Waals surface area contributed by atoms with Crippen molar-refractivity contribution >= 4 is 0 Å². The lowest BCUT2D eigenvalue weighted by Gasteiger charge is -2.61. The van der Waals surface area contributed by atoms with Crippen LogP contribution in [0.1, 0.15) is 65.2 Å². The monoisotopic (exact) mass is 385 g/mol. The molecule has 4 rings (SSSR count). The first-order chi connectivity index (χ1) is 12.6. The van der Waals surface area contributed by atoms with Crippen LogP contribution >= 0.6 is 0 Å². The molecular weight excluding hydrogens is 355 g/mol. The second-order valence-electron chi connectivity index (χ2n) is 10.1. The van der Waals surface area contributed by atoms with Crippen LogP contribution in [0.15, 0.2) is 0 Å². The van der Waals surface area contributed by atoms with E-state index in [0.29, 0.717) is 24.2 Å². The van der Waals surface area contributed by atoms with E-state index in [1.807, 2.05) is 0 Å². The van der Waals surface area contributed by atoms with Crippen LogP contribution < -0.4 is 0 Å². The number of nitriles is 1. The molecule has 9 atom stereocenters. The summed E-state index contributed by atoms with van der Waals surface area (Å²) < 4.78 is 42.9. The SMILES string of the molecule is C[C@]12C[C@H](OC(F)(F)F)[C@@H](O)C[C@@H]1CCC1[C@@H]2CC[C@]2(C)[C@@H](C#N)CC[C@@H]12. The molecule has 4 aliphatic rings. The third-order valence-corrected chi connectivity index (χ3v) is 9.10. The van der Waals surface area contributed by atoms with E-state index in [4.69, 9.17) is 0 Å². The predicted octanol–water partition coefficient (Wildman–Crippen LogP) is 5.04. The summed E-state index contributed by atoms with van der Waals surface area (Å²) in [6.07, 6.45) is -0.157. The average Bonchev–Trinajstić information content (AvgIpc) is 2.91. The van der Waals surface area contributed by atoms with Gasteiger partial charge >= 0.3 is 6.36 Å². The first-order valence-corrected chi connectivity index (χ1v) is 10.4. The van der Waals surface area contributed by atoms with E-state index in [-0.39, 0.29) is 29.1 Å². The summed E-state index contributed by atoms with van der Waals surface area (Å²) in [6.45, 7) is 4.41. The van der Waals surface area contributed by atoms with E-state index in [0.717, 1.165) is 38.5 Å². The van der Waals surface area contributed by atoms with Crippen LogP contribution in [0.5, 0.6) is 0 Å². The number of alkyl halides is 3. The molecule has 1 N–H and O–H groups in total. The number of rotatable bonds is 1. The van der Waals surface area contributed by atoms with Crippen molar-refractivity contribution in [3.8, 4) is 6.07 Å². The van der Waals surface area contributed by atoms with Crippen LogP contribution in [0, 0.1) is 51.8 Å². The fraction of sp³-hybridized carbons (Fsp3) is 0.952. The molecule has 0 heterocycles. The lowest BCUT2D eigenvalue weighted by Crippen LogP contribution is -2.57. The normalized spacial score (nSPS) is 52.4. The van der Waals surface area contributed by atoms with Crippen molar-refractivity contribution in [1.29, 1.82) is 5.26 Å². The van der Waals surface area contributed by atoms with E-state index < -0.39 is 18.6 Å². The highest BCUT2D eigenvalue weighted by Gasteiger charge is 2.61. The van der Waals surface area contributed by atoms with Gasteiger partial charge in [-0.1, -0.05) is 13.8 Å². The zero-order valence-corrected chi connectivity index (χ0v) is 16.1. The lowest BCUT2D eigenvalue weighted by atomic mass is 9.44. The molecule has 0 aromatic carbocycles. The molecule has 0 aromatic rings. The molecule has 0 aromatic heterocycles. The van der Waals surface area contributed by atoms with Gasteiger partial charge in [0.2, 0.25) is 0 Å². The summed E-state index contributed by atoms with van der Waals surface area (Å²) in [4.78, 5) is 0. The number of halogens is 3. The van der Waals surface area contributed by atoms with Gasteiger partial charge in [0.25, 0.3) is 0 Å². The van der Waals surface area contributed by atoms with E-state index in [9.17, 15) is 23.5 Å². The standard InChI is InChI=1S/C21H30F3NO2/c1-19-8-7-16-14(15(19)6-4-13(19)11-25)5-3-12-9-17(26)18(10-20(12,16)2)27-21(22,23)24/h12-18,26H,3-10H2,1-2H3/t12-,13+,14?,15-,16-,17-,18-,19+,20-/m0/s1. The Balaban J connectivity index is 1.59. The molecular formula is C21H30F3NO2. The Labute approximate surface area is 159 Å². The van der Waals surface area contributed by atoms with Crippen LogP contribution in [-0.4, -0.2) is 23.7 Å². The van der Waals surface area contributed by atoms with Gasteiger partial charge < -0.3 is 5.11 Å². The first kappa shape index (κ1) is 19.5. The Morgan fingerprint density at radius 2 is 1.74 bits per heavy atom. The number of hydrogen-bond donors (Lipinski definition) is 1. The summed E-state index contributed by atoms with van der Waals surface area (Å²) in [5.74, 6) is 1.75. The molecule has 0 aliphatic heterocycles. The number of hydrogen-bond acceptors (Lipinski definition) is 3. The molecule has 4 aliphatic carbocycles. The highest BCUT2D eigenvalue weighted by atomic mass is 19.4. The van der Waals surface area contributed by atoms with Gasteiger partial charge in [-0.15, -0.1) is 13.2 Å². The molecule has 6 heteroatoms. The number of nitrogens with zero attached hydrogens (tertiary/aromatic N) is 1. The Morgan fingerprint density at radius 3 is 2.41 bits per heavy atom. The molecule has 4 fully saturated rings. The molecule has 3 nitrogen and oxygen atoms in total. The zero-order valence-electron chi connectivity index (χ0n) is 16.1. The van der Waals surface area contributed by atoms with Crippen LogP contribution in [0.3, 0.4) is 0 Å². The topological polar surface area (TPSA) is 53.2 Å². The van der Waals surface area contributed by atoms with Crippen molar-refractivity contribution in [2.24, 2.45) is 40.4 Å². The maximum absolute atomic E-state index is 12.8. The van der Waals surface area contributed by atoms with E-state index in [2.05, 4.69) is 24.7 Å². The lowest BCUT2D eigenvalue weighted by molar-refractivity contribution is -0.361. The molecule has 27 heavy (non-hydrogen) atoms. The Morgan fingerprint density at radius 1 is 1.04 bits per heavy atom. The van der Waals surface area contributed by atoms with Gasteiger partial charge in [-0.25, -0.2) is 0 Å². The van der Waals surface area contributed by atoms with Gasteiger partial charge in [-0.2, -0.15) is 5.26 Å². The molecule has 1 unspecified atom stereocenters. The minimum Gasteiger partial charge on any atom is -0.390 e. The molecule has 0 amide bonds. The van der Waals surface area contributed by atoms with Crippen molar-refractivity contribution < 1.29 is 23.0 Å². The third kappa shape index (κ3) is 3.00. The maximum Gasteiger partial charge on any atom is 0.522 e. The molecule has 0 radical (unpaired) electrons. The van der Waals surface area contributed by atoms with Crippen LogP contribution in [-0.2, 0) is 4.74 Å². The van der Waals surface area contributed by atoms with Crippen molar-refractivity contribution in [3.63, 3.8) is 0 Å². The minimum absolute atomic E-state index is 0.0646. The van der Waals surface area contributed by atoms with Crippen molar-refractivity contribution in [2.75, 3.05) is 0 Å². The molecule has 4 saturated carbocycles. The molecule has 0 spiro atoms. The highest BCUT2D eigenvalue weighted by Crippen LogP contribution is 2.67. The number of aliphatic hydroxyl groups excluding tert-OH is 1. The van der Waals surface area contributed by atoms with Crippen LogP contribution in [0.4, 0.5) is 13.2 Å². The van der Waals surface area contributed by atoms with E-state index in [1.54, 1.807) is 0 Å². The Bertz CT molecular complexity index is 632. The third-order valence-electron chi connectivity index (χ3n) is 9.10. The highest BCUT2D eigenvalue weighted by molar-refractivity contribution is 5.13. The quantitative estimate of drug-likeness (QED) is 0.688. The second kappa shape index (κ2) is 6.35. The van der Waals surface area contributed by atoms with Crippen molar-refractivity contribution in [3.05, 3.63) is 0 Å². The van der Waals surface area contributed by atoms with Crippen LogP contribution in [0.25, 0.3) is 0 Å². The molecule has 152 valence electrons. The summed E-state index contributed by atoms with van der Waals surface area (Å²) in [6, 6.07) is 2.53. The summed E-state index contributed by atoms with van der Waals surface area (Å²) in [5.41, 5.74) is -0.153. The molecule has 0 bridgehead atoms. The van der Waals surface area contributed by atoms with Gasteiger partial charge in [0.15, 0.2) is 0 Å². The molecule has 0 saturated heterocycles. The smallest absolute Gasteiger partial charge is 0.390 e. The summed E-state index contributed by atoms with van der Waals surface area (Å²) in [7, 11) is 0. The number of fused-ring (bicyclic) bond motifs is 5. The Hall–Kier alpha value is -0.800. The minimum atomic E-state index is -4.71. The van der Waals surface area contributed by atoms with Gasteiger partial charge in [0.05, 0.1) is 24.2 Å². The fourth-order valence-corrected chi connectivity index (χ4v) is 7.76. The number of aliphatic hydroxyl groups is 1. The number of ether oxygens (including phenoxy) is 1. The average molecular weight is 385 g/mol. The largest absolute Gasteiger partial charge is 0.522 e. The van der Waals surface area contributed by atoms with Crippen molar-refractivity contribution in [2.45, 2.75) is 83.8 Å². The van der Waals surface area contributed by atoms with Gasteiger partial charge in [0, 0.05) is 0 Å². The fourth-order valence-electron chi connectivity index (χ4n) is 7.76. The first-order valence-electron chi connectivity index (χ1n) is 10.4. The van der Waals surface area contributed by atoms with Crippen LogP contribution in [0.2, 0.25) is 0 Å². The Kier molecular flexibility index (Phi) is 4.59. The summed E-state index contributed by atoms with van der Waals surface area (Å²) >= 11 is 0. The maximum atomic E-state index is 12.8. The second-order valence-corrected chi connectivity index (χ2v) is 10.1. The van der Waals surface area contributed by atoms with Gasteiger partial charge in [-0.3, -0.25) is 4.74 Å². The van der Waals surface area contributed by atoms with Gasteiger partial charge in [0.1, 0.15) is 0 Å². The van der Waals surface area contributed by atoms with Gasteiger partial charge in [-0.05, 0) is 85.9 Å².